The number of hydrogen-bond acceptors (Lipinski definition) is 6. The zero-order chi connectivity index (χ0) is 18.6. The fourth-order valence-corrected chi connectivity index (χ4v) is 2.75. The van der Waals surface area contributed by atoms with Crippen LogP contribution in [0.4, 0.5) is 0 Å². The second kappa shape index (κ2) is 7.25. The Labute approximate surface area is 153 Å². The zero-order valence-corrected chi connectivity index (χ0v) is 14.2. The van der Waals surface area contributed by atoms with Gasteiger partial charge in [-0.2, -0.15) is 5.10 Å². The minimum Gasteiger partial charge on any atom is -0.455 e. The van der Waals surface area contributed by atoms with Gasteiger partial charge in [0.05, 0.1) is 23.7 Å². The summed E-state index contributed by atoms with van der Waals surface area (Å²) in [6, 6.07) is 16.5. The van der Waals surface area contributed by atoms with Crippen molar-refractivity contribution in [1.82, 2.24) is 15.2 Å². The number of aromatic nitrogens is 3. The number of benzene rings is 2. The Kier molecular flexibility index (Phi) is 4.49. The number of oxazole rings is 1. The number of aromatic amines is 1. The highest BCUT2D eigenvalue weighted by atomic mass is 16.5. The number of carbonyl (C=O) groups is 1. The standard InChI is InChI=1S/C20H15N3O4/c24-19(10-16-14-8-4-5-9-15(14)20(25)23-22-16)26-12-18-21-11-17(27-18)13-6-2-1-3-7-13/h1-9,11H,10,12H2,(H,23,25). The maximum Gasteiger partial charge on any atom is 0.312 e. The van der Waals surface area contributed by atoms with Crippen LogP contribution in [0.3, 0.4) is 0 Å². The second-order valence-corrected chi connectivity index (χ2v) is 5.87. The number of nitrogens with one attached hydrogen (secondary N) is 1. The van der Waals surface area contributed by atoms with Crippen molar-refractivity contribution in [3.8, 4) is 11.3 Å². The largest absolute Gasteiger partial charge is 0.455 e. The van der Waals surface area contributed by atoms with E-state index in [2.05, 4.69) is 15.2 Å². The minimum absolute atomic E-state index is 0.0659. The Hall–Kier alpha value is -3.74. The van der Waals surface area contributed by atoms with Gasteiger partial charge in [-0.05, 0) is 6.07 Å². The van der Waals surface area contributed by atoms with E-state index in [4.69, 9.17) is 9.15 Å². The molecule has 0 aliphatic heterocycles. The van der Waals surface area contributed by atoms with Gasteiger partial charge in [-0.1, -0.05) is 48.5 Å². The number of H-pyrrole nitrogens is 1. The monoisotopic (exact) mass is 361 g/mol. The average molecular weight is 361 g/mol. The number of nitrogens with zero attached hydrogens (tertiary/aromatic N) is 2. The van der Waals surface area contributed by atoms with Gasteiger partial charge in [0.25, 0.3) is 5.56 Å². The lowest BCUT2D eigenvalue weighted by molar-refractivity contribution is -0.144. The van der Waals surface area contributed by atoms with Crippen LogP contribution in [0.2, 0.25) is 0 Å². The summed E-state index contributed by atoms with van der Waals surface area (Å²) in [5.74, 6) is 0.426. The predicted molar refractivity (Wildman–Crippen MR) is 97.8 cm³/mol. The van der Waals surface area contributed by atoms with Crippen LogP contribution in [0.1, 0.15) is 11.6 Å². The Morgan fingerprint density at radius 3 is 2.59 bits per heavy atom. The van der Waals surface area contributed by atoms with Crippen molar-refractivity contribution >= 4 is 16.7 Å². The fourth-order valence-electron chi connectivity index (χ4n) is 2.75. The number of fused-ring (bicyclic) bond motifs is 1. The molecule has 7 heteroatoms. The number of esters is 1. The highest BCUT2D eigenvalue weighted by molar-refractivity contribution is 5.86. The summed E-state index contributed by atoms with van der Waals surface area (Å²) in [6.45, 7) is -0.0764. The minimum atomic E-state index is -0.487. The van der Waals surface area contributed by atoms with Crippen molar-refractivity contribution in [1.29, 1.82) is 0 Å². The molecule has 0 saturated carbocycles. The zero-order valence-electron chi connectivity index (χ0n) is 14.2. The van der Waals surface area contributed by atoms with Crippen LogP contribution >= 0.6 is 0 Å². The van der Waals surface area contributed by atoms with Gasteiger partial charge in [0, 0.05) is 10.9 Å². The Bertz CT molecular complexity index is 1150. The van der Waals surface area contributed by atoms with Gasteiger partial charge in [0.15, 0.2) is 12.4 Å². The van der Waals surface area contributed by atoms with E-state index < -0.39 is 5.97 Å². The highest BCUT2D eigenvalue weighted by Gasteiger charge is 2.13. The van der Waals surface area contributed by atoms with E-state index in [0.717, 1.165) is 5.56 Å². The van der Waals surface area contributed by atoms with E-state index >= 15 is 0 Å². The molecule has 0 radical (unpaired) electrons. The van der Waals surface area contributed by atoms with E-state index in [1.54, 1.807) is 30.5 Å². The summed E-state index contributed by atoms with van der Waals surface area (Å²) in [5.41, 5.74) is 1.05. The molecule has 0 bridgehead atoms. The summed E-state index contributed by atoms with van der Waals surface area (Å²) >= 11 is 0. The molecule has 1 N–H and O–H groups in total. The predicted octanol–water partition coefficient (Wildman–Crippen LogP) is 2.86. The number of ether oxygens (including phenoxy) is 1. The molecule has 0 saturated heterocycles. The van der Waals surface area contributed by atoms with E-state index in [9.17, 15) is 9.59 Å². The molecule has 0 unspecified atom stereocenters. The third-order valence-corrected chi connectivity index (χ3v) is 4.06. The quantitative estimate of drug-likeness (QED) is 0.549. The fraction of sp³-hybridized carbons (Fsp3) is 0.100. The van der Waals surface area contributed by atoms with Gasteiger partial charge in [-0.3, -0.25) is 9.59 Å². The molecule has 134 valence electrons. The molecule has 4 aromatic rings. The SMILES string of the molecule is O=C(Cc1n[nH]c(=O)c2ccccc12)OCc1ncc(-c2ccccc2)o1. The van der Waals surface area contributed by atoms with Crippen LogP contribution < -0.4 is 5.56 Å². The van der Waals surface area contributed by atoms with Gasteiger partial charge < -0.3 is 9.15 Å². The van der Waals surface area contributed by atoms with Gasteiger partial charge in [-0.15, -0.1) is 0 Å². The van der Waals surface area contributed by atoms with Crippen molar-refractivity contribution in [2.45, 2.75) is 13.0 Å². The molecule has 27 heavy (non-hydrogen) atoms. The first-order valence-electron chi connectivity index (χ1n) is 8.33. The van der Waals surface area contributed by atoms with Crippen molar-refractivity contribution in [2.75, 3.05) is 0 Å². The molecule has 0 aliphatic rings. The molecular weight excluding hydrogens is 346 g/mol. The third kappa shape index (κ3) is 3.62. The van der Waals surface area contributed by atoms with Gasteiger partial charge in [0.1, 0.15) is 0 Å². The van der Waals surface area contributed by atoms with Gasteiger partial charge in [-0.25, -0.2) is 10.1 Å². The lowest BCUT2D eigenvalue weighted by Gasteiger charge is -2.05. The molecule has 4 rings (SSSR count). The third-order valence-electron chi connectivity index (χ3n) is 4.06. The number of rotatable bonds is 5. The van der Waals surface area contributed by atoms with E-state index in [-0.39, 0.29) is 18.6 Å². The maximum atomic E-state index is 12.2. The van der Waals surface area contributed by atoms with E-state index in [0.29, 0.717) is 28.1 Å². The summed E-state index contributed by atoms with van der Waals surface area (Å²) < 4.78 is 10.8. The number of carbonyl (C=O) groups excluding carboxylic acids is 1. The van der Waals surface area contributed by atoms with Crippen molar-refractivity contribution in [2.24, 2.45) is 0 Å². The first-order chi connectivity index (χ1) is 13.2. The molecule has 2 aromatic heterocycles. The Morgan fingerprint density at radius 1 is 1.04 bits per heavy atom. The smallest absolute Gasteiger partial charge is 0.312 e. The molecule has 0 spiro atoms. The highest BCUT2D eigenvalue weighted by Crippen LogP contribution is 2.20. The lowest BCUT2D eigenvalue weighted by atomic mass is 10.1. The molecule has 0 atom stereocenters. The molecule has 0 fully saturated rings. The van der Waals surface area contributed by atoms with Crippen molar-refractivity contribution in [3.63, 3.8) is 0 Å². The summed E-state index contributed by atoms with van der Waals surface area (Å²) in [7, 11) is 0. The summed E-state index contributed by atoms with van der Waals surface area (Å²) in [6.07, 6.45) is 1.53. The van der Waals surface area contributed by atoms with Crippen LogP contribution in [0.25, 0.3) is 22.1 Å². The topological polar surface area (TPSA) is 98.1 Å². The van der Waals surface area contributed by atoms with Gasteiger partial charge >= 0.3 is 5.97 Å². The Balaban J connectivity index is 1.43. The Morgan fingerprint density at radius 2 is 1.78 bits per heavy atom. The second-order valence-electron chi connectivity index (χ2n) is 5.87. The van der Waals surface area contributed by atoms with Crippen LogP contribution in [-0.2, 0) is 22.6 Å². The first-order valence-corrected chi connectivity index (χ1v) is 8.33. The van der Waals surface area contributed by atoms with Crippen molar-refractivity contribution < 1.29 is 13.9 Å². The molecule has 2 aromatic carbocycles. The van der Waals surface area contributed by atoms with Crippen LogP contribution in [0, 0.1) is 0 Å². The van der Waals surface area contributed by atoms with E-state index in [1.165, 1.54) is 0 Å². The molecule has 0 aliphatic carbocycles. The molecule has 2 heterocycles. The lowest BCUT2D eigenvalue weighted by Crippen LogP contribution is -2.15. The van der Waals surface area contributed by atoms with Crippen molar-refractivity contribution in [3.05, 3.63) is 82.7 Å². The number of hydrogen-bond donors (Lipinski definition) is 1. The normalized spacial score (nSPS) is 10.8. The summed E-state index contributed by atoms with van der Waals surface area (Å²) in [5, 5.41) is 7.47. The molecule has 0 amide bonds. The van der Waals surface area contributed by atoms with Crippen LogP contribution in [0.5, 0.6) is 0 Å². The first kappa shape index (κ1) is 16.7. The molecular formula is C20H15N3O4. The summed E-state index contributed by atoms with van der Waals surface area (Å²) in [4.78, 5) is 28.1. The maximum absolute atomic E-state index is 12.2. The average Bonchev–Trinajstić information content (AvgIpc) is 3.19. The van der Waals surface area contributed by atoms with Crippen LogP contribution in [0.15, 0.2) is 70.0 Å². The van der Waals surface area contributed by atoms with E-state index in [1.807, 2.05) is 30.3 Å². The molecule has 7 nitrogen and oxygen atoms in total. The van der Waals surface area contributed by atoms with Crippen LogP contribution in [-0.4, -0.2) is 21.2 Å². The van der Waals surface area contributed by atoms with Gasteiger partial charge in [0.2, 0.25) is 5.89 Å².